The van der Waals surface area contributed by atoms with Crippen LogP contribution < -0.4 is 3.61 Å². The fourth-order valence-corrected chi connectivity index (χ4v) is 4.56. The Morgan fingerprint density at radius 2 is 2.00 bits per heavy atom. The molecule has 2 rings (SSSR count). The standard InChI is InChI=1S/C11H11NOTe/c1-12(2)7-10-11(13)8-5-3-4-6-9(8)14-10/h3-7H,1-2H3/b10-7+. The SMILES string of the molecule is CN(C)/C=C1/[Te]c2ccccc2C1=O. The maximum absolute atomic E-state index is 11.9. The molecule has 0 unspecified atom stereocenters. The van der Waals surface area contributed by atoms with E-state index in [1.165, 1.54) is 3.61 Å². The molecule has 2 nitrogen and oxygen atoms in total. The van der Waals surface area contributed by atoms with Gasteiger partial charge >= 0.3 is 93.8 Å². The van der Waals surface area contributed by atoms with Crippen molar-refractivity contribution in [1.82, 2.24) is 4.90 Å². The Morgan fingerprint density at radius 3 is 2.64 bits per heavy atom. The summed E-state index contributed by atoms with van der Waals surface area (Å²) in [4.78, 5) is 13.8. The van der Waals surface area contributed by atoms with Gasteiger partial charge in [0.25, 0.3) is 0 Å². The molecule has 0 atom stereocenters. The van der Waals surface area contributed by atoms with Gasteiger partial charge in [0.1, 0.15) is 0 Å². The molecule has 0 bridgehead atoms. The van der Waals surface area contributed by atoms with Crippen LogP contribution in [0.5, 0.6) is 0 Å². The molecule has 1 heterocycles. The van der Waals surface area contributed by atoms with E-state index in [0.29, 0.717) is 0 Å². The van der Waals surface area contributed by atoms with E-state index in [1.54, 1.807) is 0 Å². The molecule has 0 aromatic heterocycles. The quantitative estimate of drug-likeness (QED) is 0.560. The van der Waals surface area contributed by atoms with Gasteiger partial charge in [-0.1, -0.05) is 0 Å². The Hall–Kier alpha value is -0.780. The summed E-state index contributed by atoms with van der Waals surface area (Å²) in [6, 6.07) is 7.95. The summed E-state index contributed by atoms with van der Waals surface area (Å²) in [5, 5.41) is 0. The van der Waals surface area contributed by atoms with Crippen LogP contribution >= 0.6 is 0 Å². The minimum atomic E-state index is -0.432. The summed E-state index contributed by atoms with van der Waals surface area (Å²) in [7, 11) is 3.91. The van der Waals surface area contributed by atoms with E-state index in [4.69, 9.17) is 0 Å². The molecule has 1 aromatic rings. The van der Waals surface area contributed by atoms with Crippen LogP contribution in [0.3, 0.4) is 0 Å². The molecule has 0 saturated carbocycles. The first kappa shape index (κ1) is 9.76. The molecule has 0 aliphatic carbocycles. The summed E-state index contributed by atoms with van der Waals surface area (Å²) < 4.78 is 2.29. The van der Waals surface area contributed by atoms with E-state index in [1.807, 2.05) is 43.4 Å². The van der Waals surface area contributed by atoms with Crippen molar-refractivity contribution in [2.24, 2.45) is 0 Å². The number of rotatable bonds is 1. The average molecular weight is 301 g/mol. The monoisotopic (exact) mass is 303 g/mol. The molecule has 72 valence electrons. The summed E-state index contributed by atoms with van der Waals surface area (Å²) in [5.41, 5.74) is 0.919. The third-order valence-electron chi connectivity index (χ3n) is 1.95. The molecule has 1 aliphatic rings. The Bertz CT molecular complexity index is 410. The van der Waals surface area contributed by atoms with Crippen LogP contribution in [0.25, 0.3) is 0 Å². The number of allylic oxidation sites excluding steroid dienone is 1. The number of carbonyl (C=O) groups excluding carboxylic acids is 1. The van der Waals surface area contributed by atoms with Gasteiger partial charge in [-0.2, -0.15) is 0 Å². The maximum atomic E-state index is 11.9. The average Bonchev–Trinajstić information content (AvgIpc) is 2.44. The predicted molar refractivity (Wildman–Crippen MR) is 57.9 cm³/mol. The summed E-state index contributed by atoms with van der Waals surface area (Å²) in [5.74, 6) is 0.233. The van der Waals surface area contributed by atoms with E-state index >= 15 is 0 Å². The zero-order valence-corrected chi connectivity index (χ0v) is 10.5. The molecule has 1 aromatic carbocycles. The second kappa shape index (κ2) is 3.76. The van der Waals surface area contributed by atoms with Crippen molar-refractivity contribution in [2.45, 2.75) is 0 Å². The van der Waals surface area contributed by atoms with Crippen LogP contribution in [0, 0.1) is 0 Å². The number of fused-ring (bicyclic) bond motifs is 1. The van der Waals surface area contributed by atoms with E-state index in [0.717, 1.165) is 9.18 Å². The third-order valence-corrected chi connectivity index (χ3v) is 5.05. The van der Waals surface area contributed by atoms with Crippen LogP contribution in [-0.2, 0) is 0 Å². The second-order valence-electron chi connectivity index (χ2n) is 3.38. The fourth-order valence-electron chi connectivity index (χ4n) is 1.36. The molecule has 0 fully saturated rings. The number of ketones is 1. The second-order valence-corrected chi connectivity index (χ2v) is 6.48. The normalized spacial score (nSPS) is 17.3. The van der Waals surface area contributed by atoms with Crippen LogP contribution in [0.2, 0.25) is 0 Å². The van der Waals surface area contributed by atoms with E-state index in [9.17, 15) is 4.79 Å². The number of carbonyl (C=O) groups is 1. The van der Waals surface area contributed by atoms with Gasteiger partial charge in [0.15, 0.2) is 0 Å². The minimum absolute atomic E-state index is 0.233. The van der Waals surface area contributed by atoms with Gasteiger partial charge in [0.05, 0.1) is 0 Å². The van der Waals surface area contributed by atoms with Gasteiger partial charge in [-0.15, -0.1) is 0 Å². The topological polar surface area (TPSA) is 20.3 Å². The molecular weight excluding hydrogens is 290 g/mol. The van der Waals surface area contributed by atoms with Crippen LogP contribution in [0.1, 0.15) is 10.4 Å². The first-order valence-electron chi connectivity index (χ1n) is 4.38. The van der Waals surface area contributed by atoms with E-state index in [-0.39, 0.29) is 5.78 Å². The first-order chi connectivity index (χ1) is 6.68. The number of benzene rings is 1. The summed E-state index contributed by atoms with van der Waals surface area (Å²) in [6.07, 6.45) is 1.96. The van der Waals surface area contributed by atoms with Crippen molar-refractivity contribution in [3.8, 4) is 0 Å². The summed E-state index contributed by atoms with van der Waals surface area (Å²) >= 11 is -0.432. The Kier molecular flexibility index (Phi) is 2.62. The Labute approximate surface area is 93.7 Å². The van der Waals surface area contributed by atoms with Crippen LogP contribution in [-0.4, -0.2) is 45.7 Å². The van der Waals surface area contributed by atoms with Crippen molar-refractivity contribution >= 4 is 30.3 Å². The zero-order chi connectivity index (χ0) is 10.1. The van der Waals surface area contributed by atoms with Crippen LogP contribution in [0.4, 0.5) is 0 Å². The molecule has 0 N–H and O–H groups in total. The molecule has 14 heavy (non-hydrogen) atoms. The van der Waals surface area contributed by atoms with Crippen molar-refractivity contribution in [2.75, 3.05) is 14.1 Å². The van der Waals surface area contributed by atoms with Crippen molar-refractivity contribution in [3.05, 3.63) is 39.6 Å². The number of Topliss-reactive ketones (excluding diaryl/α,β-unsaturated/α-hetero) is 1. The van der Waals surface area contributed by atoms with Crippen molar-refractivity contribution in [3.63, 3.8) is 0 Å². The van der Waals surface area contributed by atoms with Gasteiger partial charge in [0.2, 0.25) is 0 Å². The number of nitrogens with zero attached hydrogens (tertiary/aromatic N) is 1. The Morgan fingerprint density at radius 1 is 1.29 bits per heavy atom. The van der Waals surface area contributed by atoms with E-state index < -0.39 is 20.9 Å². The number of hydrogen-bond donors (Lipinski definition) is 0. The molecule has 3 heteroatoms. The predicted octanol–water partition coefficient (Wildman–Crippen LogP) is 0.615. The van der Waals surface area contributed by atoms with Gasteiger partial charge in [-0.3, -0.25) is 0 Å². The fraction of sp³-hybridized carbons (Fsp3) is 0.182. The van der Waals surface area contributed by atoms with Crippen molar-refractivity contribution in [1.29, 1.82) is 0 Å². The first-order valence-corrected chi connectivity index (χ1v) is 6.71. The molecule has 0 saturated heterocycles. The molecule has 1 aliphatic heterocycles. The van der Waals surface area contributed by atoms with Gasteiger partial charge in [-0.25, -0.2) is 0 Å². The van der Waals surface area contributed by atoms with Crippen molar-refractivity contribution < 1.29 is 4.79 Å². The zero-order valence-electron chi connectivity index (χ0n) is 8.15. The molecule has 0 amide bonds. The van der Waals surface area contributed by atoms with Crippen LogP contribution in [0.15, 0.2) is 34.1 Å². The summed E-state index contributed by atoms with van der Waals surface area (Å²) in [6.45, 7) is 0. The van der Waals surface area contributed by atoms with Gasteiger partial charge in [0, 0.05) is 0 Å². The Balaban J connectivity index is 2.39. The number of hydrogen-bond acceptors (Lipinski definition) is 2. The van der Waals surface area contributed by atoms with E-state index in [2.05, 4.69) is 6.07 Å². The molecule has 0 spiro atoms. The third kappa shape index (κ3) is 1.70. The van der Waals surface area contributed by atoms with Gasteiger partial charge < -0.3 is 0 Å². The van der Waals surface area contributed by atoms with Gasteiger partial charge in [-0.05, 0) is 0 Å². The molecular formula is C11H11NOTe. The molecule has 0 radical (unpaired) electrons.